The summed E-state index contributed by atoms with van der Waals surface area (Å²) in [6.07, 6.45) is 1.66. The normalized spacial score (nSPS) is 10.1. The number of pyridine rings is 1. The average molecular weight is 417 g/mol. The quantitative estimate of drug-likeness (QED) is 0.594. The molecule has 0 saturated carbocycles. The van der Waals surface area contributed by atoms with Gasteiger partial charge in [0.1, 0.15) is 5.75 Å². The van der Waals surface area contributed by atoms with Crippen molar-refractivity contribution >= 4 is 5.91 Å². The standard InChI is InChI=1S/C24H23N3O4/c1-16-4-5-17(2)21(10-16)31-24-9-7-19(14-27-24)13-26-23(28)15-30-20-8-6-18(12-25)11-22(20)29-3/h4-11,14H,13,15H2,1-3H3,(H,26,28). The van der Waals surface area contributed by atoms with E-state index >= 15 is 0 Å². The molecule has 0 atom stereocenters. The highest BCUT2D eigenvalue weighted by atomic mass is 16.5. The summed E-state index contributed by atoms with van der Waals surface area (Å²) in [4.78, 5) is 16.4. The number of ether oxygens (including phenoxy) is 3. The second-order valence-electron chi connectivity index (χ2n) is 6.92. The number of hydrogen-bond donors (Lipinski definition) is 1. The van der Waals surface area contributed by atoms with E-state index in [0.717, 1.165) is 22.4 Å². The SMILES string of the molecule is COc1cc(C#N)ccc1OCC(=O)NCc1ccc(Oc2cc(C)ccc2C)nc1. The van der Waals surface area contributed by atoms with Crippen LogP contribution in [0.2, 0.25) is 0 Å². The van der Waals surface area contributed by atoms with Crippen molar-refractivity contribution in [3.8, 4) is 29.2 Å². The lowest BCUT2D eigenvalue weighted by Gasteiger charge is -2.11. The molecule has 0 aliphatic carbocycles. The molecule has 158 valence electrons. The van der Waals surface area contributed by atoms with Crippen LogP contribution < -0.4 is 19.5 Å². The van der Waals surface area contributed by atoms with Crippen LogP contribution >= 0.6 is 0 Å². The number of rotatable bonds is 8. The van der Waals surface area contributed by atoms with E-state index in [-0.39, 0.29) is 12.5 Å². The highest BCUT2D eigenvalue weighted by Crippen LogP contribution is 2.28. The average Bonchev–Trinajstić information content (AvgIpc) is 2.79. The van der Waals surface area contributed by atoms with Crippen LogP contribution in [-0.2, 0) is 11.3 Å². The lowest BCUT2D eigenvalue weighted by molar-refractivity contribution is -0.123. The Morgan fingerprint density at radius 1 is 1.06 bits per heavy atom. The highest BCUT2D eigenvalue weighted by Gasteiger charge is 2.09. The van der Waals surface area contributed by atoms with Gasteiger partial charge in [-0.3, -0.25) is 4.79 Å². The number of aromatic nitrogens is 1. The molecule has 1 N–H and O–H groups in total. The number of methoxy groups -OCH3 is 1. The molecule has 1 heterocycles. The summed E-state index contributed by atoms with van der Waals surface area (Å²) >= 11 is 0. The van der Waals surface area contributed by atoms with Crippen LogP contribution in [0, 0.1) is 25.2 Å². The maximum atomic E-state index is 12.1. The van der Waals surface area contributed by atoms with Crippen LogP contribution in [0.3, 0.4) is 0 Å². The Bertz CT molecular complexity index is 1100. The lowest BCUT2D eigenvalue weighted by atomic mass is 10.1. The summed E-state index contributed by atoms with van der Waals surface area (Å²) in [5.74, 6) is 1.76. The maximum Gasteiger partial charge on any atom is 0.258 e. The predicted molar refractivity (Wildman–Crippen MR) is 115 cm³/mol. The number of nitrogens with zero attached hydrogens (tertiary/aromatic N) is 2. The van der Waals surface area contributed by atoms with Gasteiger partial charge in [0.05, 0.1) is 18.7 Å². The Labute approximate surface area is 181 Å². The molecule has 0 bridgehead atoms. The van der Waals surface area contributed by atoms with Gasteiger partial charge in [0.2, 0.25) is 5.88 Å². The van der Waals surface area contributed by atoms with Crippen LogP contribution in [0.15, 0.2) is 54.7 Å². The molecule has 0 aliphatic rings. The van der Waals surface area contributed by atoms with Crippen molar-refractivity contribution < 1.29 is 19.0 Å². The van der Waals surface area contributed by atoms with E-state index in [4.69, 9.17) is 19.5 Å². The molecule has 31 heavy (non-hydrogen) atoms. The molecule has 2 aromatic carbocycles. The minimum Gasteiger partial charge on any atom is -0.493 e. The van der Waals surface area contributed by atoms with Crippen molar-refractivity contribution in [3.63, 3.8) is 0 Å². The molecule has 0 fully saturated rings. The Morgan fingerprint density at radius 2 is 1.90 bits per heavy atom. The summed E-state index contributed by atoms with van der Waals surface area (Å²) in [6, 6.07) is 16.4. The molecule has 1 amide bonds. The molecule has 7 nitrogen and oxygen atoms in total. The van der Waals surface area contributed by atoms with Gasteiger partial charge < -0.3 is 19.5 Å². The van der Waals surface area contributed by atoms with Crippen LogP contribution in [0.25, 0.3) is 0 Å². The highest BCUT2D eigenvalue weighted by molar-refractivity contribution is 5.77. The van der Waals surface area contributed by atoms with Crippen molar-refractivity contribution in [2.45, 2.75) is 20.4 Å². The Morgan fingerprint density at radius 3 is 2.61 bits per heavy atom. The third-order valence-electron chi connectivity index (χ3n) is 4.50. The predicted octanol–water partition coefficient (Wildman–Crippen LogP) is 4.07. The monoisotopic (exact) mass is 417 g/mol. The molecule has 3 rings (SSSR count). The van der Waals surface area contributed by atoms with Gasteiger partial charge in [-0.15, -0.1) is 0 Å². The van der Waals surface area contributed by atoms with Crippen LogP contribution in [0.5, 0.6) is 23.1 Å². The van der Waals surface area contributed by atoms with E-state index in [1.54, 1.807) is 30.5 Å². The third kappa shape index (κ3) is 5.97. The van der Waals surface area contributed by atoms with E-state index in [9.17, 15) is 4.79 Å². The second kappa shape index (κ2) is 10.1. The summed E-state index contributed by atoms with van der Waals surface area (Å²) in [5.41, 5.74) is 3.42. The van der Waals surface area contributed by atoms with Gasteiger partial charge in [-0.1, -0.05) is 18.2 Å². The zero-order valence-corrected chi connectivity index (χ0v) is 17.6. The first-order chi connectivity index (χ1) is 15.0. The number of amides is 1. The minimum absolute atomic E-state index is 0.177. The summed E-state index contributed by atoms with van der Waals surface area (Å²) in [7, 11) is 1.48. The van der Waals surface area contributed by atoms with E-state index in [1.807, 2.05) is 44.2 Å². The number of benzene rings is 2. The molecular formula is C24H23N3O4. The van der Waals surface area contributed by atoms with Crippen molar-refractivity contribution in [2.75, 3.05) is 13.7 Å². The molecule has 1 aromatic heterocycles. The van der Waals surface area contributed by atoms with Crippen molar-refractivity contribution in [2.24, 2.45) is 0 Å². The Balaban J connectivity index is 1.50. The largest absolute Gasteiger partial charge is 0.493 e. The van der Waals surface area contributed by atoms with Gasteiger partial charge >= 0.3 is 0 Å². The Hall–Kier alpha value is -4.05. The van der Waals surface area contributed by atoms with E-state index in [0.29, 0.717) is 29.5 Å². The van der Waals surface area contributed by atoms with Gasteiger partial charge in [0.15, 0.2) is 18.1 Å². The van der Waals surface area contributed by atoms with E-state index in [2.05, 4.69) is 10.3 Å². The summed E-state index contributed by atoms with van der Waals surface area (Å²) < 4.78 is 16.5. The number of nitriles is 1. The number of hydrogen-bond acceptors (Lipinski definition) is 6. The van der Waals surface area contributed by atoms with Crippen molar-refractivity contribution in [1.82, 2.24) is 10.3 Å². The summed E-state index contributed by atoms with van der Waals surface area (Å²) in [6.45, 7) is 4.12. The van der Waals surface area contributed by atoms with Gasteiger partial charge in [0.25, 0.3) is 5.91 Å². The number of carbonyl (C=O) groups excluding carboxylic acids is 1. The lowest BCUT2D eigenvalue weighted by Crippen LogP contribution is -2.28. The molecule has 0 spiro atoms. The Kier molecular flexibility index (Phi) is 7.07. The first kappa shape index (κ1) is 21.7. The molecule has 0 saturated heterocycles. The zero-order chi connectivity index (χ0) is 22.2. The number of aryl methyl sites for hydroxylation is 2. The topological polar surface area (TPSA) is 93.5 Å². The number of nitrogens with one attached hydrogen (secondary N) is 1. The maximum absolute atomic E-state index is 12.1. The third-order valence-corrected chi connectivity index (χ3v) is 4.50. The fourth-order valence-corrected chi connectivity index (χ4v) is 2.76. The van der Waals surface area contributed by atoms with Gasteiger partial charge in [0, 0.05) is 24.9 Å². The fraction of sp³-hybridized carbons (Fsp3) is 0.208. The van der Waals surface area contributed by atoms with Crippen molar-refractivity contribution in [1.29, 1.82) is 5.26 Å². The van der Waals surface area contributed by atoms with E-state index in [1.165, 1.54) is 7.11 Å². The molecule has 0 aliphatic heterocycles. The second-order valence-corrected chi connectivity index (χ2v) is 6.92. The zero-order valence-electron chi connectivity index (χ0n) is 17.6. The first-order valence-corrected chi connectivity index (χ1v) is 9.66. The minimum atomic E-state index is -0.290. The smallest absolute Gasteiger partial charge is 0.258 e. The fourth-order valence-electron chi connectivity index (χ4n) is 2.76. The van der Waals surface area contributed by atoms with Crippen molar-refractivity contribution in [3.05, 3.63) is 77.0 Å². The number of carbonyl (C=O) groups is 1. The molecule has 3 aromatic rings. The van der Waals surface area contributed by atoms with Crippen LogP contribution in [-0.4, -0.2) is 24.6 Å². The van der Waals surface area contributed by atoms with Gasteiger partial charge in [-0.25, -0.2) is 4.98 Å². The van der Waals surface area contributed by atoms with Gasteiger partial charge in [-0.05, 0) is 48.7 Å². The summed E-state index contributed by atoms with van der Waals surface area (Å²) in [5, 5.41) is 11.7. The molecular weight excluding hydrogens is 394 g/mol. The molecule has 0 unspecified atom stereocenters. The molecule has 7 heteroatoms. The van der Waals surface area contributed by atoms with Gasteiger partial charge in [-0.2, -0.15) is 5.26 Å². The molecule has 0 radical (unpaired) electrons. The van der Waals surface area contributed by atoms with E-state index < -0.39 is 0 Å². The first-order valence-electron chi connectivity index (χ1n) is 9.66. The van der Waals surface area contributed by atoms with Crippen LogP contribution in [0.1, 0.15) is 22.3 Å². The van der Waals surface area contributed by atoms with Crippen LogP contribution in [0.4, 0.5) is 0 Å².